The third-order valence-corrected chi connectivity index (χ3v) is 2.03. The van der Waals surface area contributed by atoms with Gasteiger partial charge in [0.25, 0.3) is 5.91 Å². The van der Waals surface area contributed by atoms with Crippen LogP contribution in [-0.4, -0.2) is 17.6 Å². The Balaban J connectivity index is 2.88. The van der Waals surface area contributed by atoms with Crippen LogP contribution in [0.2, 0.25) is 0 Å². The number of carbonyl (C=O) groups excluding carboxylic acids is 1. The fourth-order valence-electron chi connectivity index (χ4n) is 1.35. The van der Waals surface area contributed by atoms with Gasteiger partial charge in [0.05, 0.1) is 13.2 Å². The summed E-state index contributed by atoms with van der Waals surface area (Å²) < 4.78 is 5.33. The molecule has 4 heteroatoms. The minimum atomic E-state index is -0.374. The first-order valence-electron chi connectivity index (χ1n) is 5.31. The van der Waals surface area contributed by atoms with Gasteiger partial charge in [0, 0.05) is 11.3 Å². The van der Waals surface area contributed by atoms with Gasteiger partial charge in [-0.3, -0.25) is 4.79 Å². The average Bonchev–Trinajstić information content (AvgIpc) is 2.31. The van der Waals surface area contributed by atoms with E-state index in [1.165, 1.54) is 0 Å². The van der Waals surface area contributed by atoms with Crippen LogP contribution in [0.25, 0.3) is 0 Å². The molecule has 0 unspecified atom stereocenters. The summed E-state index contributed by atoms with van der Waals surface area (Å²) in [4.78, 5) is 11.2. The normalized spacial score (nSPS) is 9.12. The minimum Gasteiger partial charge on any atom is -0.494 e. The predicted octanol–water partition coefficient (Wildman–Crippen LogP) is 1.54. The molecule has 0 heterocycles. The number of aliphatic hydroxyl groups excluding tert-OH is 1. The highest BCUT2D eigenvalue weighted by molar-refractivity contribution is 6.03. The number of hydrogen-bond donors (Lipinski definition) is 2. The number of anilines is 1. The molecule has 0 bridgehead atoms. The molecule has 17 heavy (non-hydrogen) atoms. The molecule has 90 valence electrons. The predicted molar refractivity (Wildman–Crippen MR) is 65.6 cm³/mol. The quantitative estimate of drug-likeness (QED) is 0.775. The lowest BCUT2D eigenvalue weighted by Crippen LogP contribution is -2.09. The third-order valence-electron chi connectivity index (χ3n) is 2.03. The second kappa shape index (κ2) is 6.56. The Labute approximate surface area is 101 Å². The molecule has 0 aromatic heterocycles. The first kappa shape index (κ1) is 13.1. The maximum atomic E-state index is 11.2. The zero-order valence-corrected chi connectivity index (χ0v) is 9.91. The number of hydrogen-bond acceptors (Lipinski definition) is 3. The highest BCUT2D eigenvalue weighted by Crippen LogP contribution is 2.22. The molecule has 0 atom stereocenters. The summed E-state index contributed by atoms with van der Waals surface area (Å²) >= 11 is 0. The smallest absolute Gasteiger partial charge is 0.300 e. The largest absolute Gasteiger partial charge is 0.494 e. The molecule has 1 aromatic rings. The van der Waals surface area contributed by atoms with Gasteiger partial charge in [0.15, 0.2) is 0 Å². The number of amides is 1. The Bertz CT molecular complexity index is 457. The molecule has 4 nitrogen and oxygen atoms in total. The first-order valence-corrected chi connectivity index (χ1v) is 5.31. The van der Waals surface area contributed by atoms with Crippen molar-refractivity contribution in [2.45, 2.75) is 20.5 Å². The number of aliphatic hydroxyl groups is 1. The molecular weight excluding hydrogens is 218 g/mol. The Morgan fingerprint density at radius 3 is 2.88 bits per heavy atom. The maximum absolute atomic E-state index is 11.2. The third kappa shape index (κ3) is 3.82. The number of rotatable bonds is 4. The van der Waals surface area contributed by atoms with Gasteiger partial charge < -0.3 is 15.2 Å². The number of benzene rings is 1. The summed E-state index contributed by atoms with van der Waals surface area (Å²) in [6.07, 6.45) is 0. The SMILES string of the molecule is CC#CC(=O)Nc1ccc(OCC)c(CO)c1. The number of nitrogens with one attached hydrogen (secondary N) is 1. The monoisotopic (exact) mass is 233 g/mol. The van der Waals surface area contributed by atoms with Gasteiger partial charge in [-0.25, -0.2) is 0 Å². The fraction of sp³-hybridized carbons (Fsp3) is 0.308. The van der Waals surface area contributed by atoms with Crippen LogP contribution >= 0.6 is 0 Å². The van der Waals surface area contributed by atoms with Crippen molar-refractivity contribution < 1.29 is 14.6 Å². The summed E-state index contributed by atoms with van der Waals surface area (Å²) in [5, 5.41) is 11.8. The second-order valence-electron chi connectivity index (χ2n) is 3.24. The van der Waals surface area contributed by atoms with Crippen molar-refractivity contribution in [2.24, 2.45) is 0 Å². The number of carbonyl (C=O) groups is 1. The van der Waals surface area contributed by atoms with E-state index < -0.39 is 0 Å². The van der Waals surface area contributed by atoms with Crippen molar-refractivity contribution in [1.82, 2.24) is 0 Å². The van der Waals surface area contributed by atoms with Crippen LogP contribution in [-0.2, 0) is 11.4 Å². The van der Waals surface area contributed by atoms with E-state index in [1.54, 1.807) is 25.1 Å². The molecule has 0 fully saturated rings. The van der Waals surface area contributed by atoms with Crippen LogP contribution in [0.15, 0.2) is 18.2 Å². The molecule has 1 rings (SSSR count). The summed E-state index contributed by atoms with van der Waals surface area (Å²) in [6, 6.07) is 5.09. The highest BCUT2D eigenvalue weighted by atomic mass is 16.5. The fourth-order valence-corrected chi connectivity index (χ4v) is 1.35. The van der Waals surface area contributed by atoms with Gasteiger partial charge in [-0.05, 0) is 38.0 Å². The first-order chi connectivity index (χ1) is 8.21. The zero-order valence-electron chi connectivity index (χ0n) is 9.91. The summed E-state index contributed by atoms with van der Waals surface area (Å²) in [7, 11) is 0. The zero-order chi connectivity index (χ0) is 12.7. The lowest BCUT2D eigenvalue weighted by Gasteiger charge is -2.10. The lowest BCUT2D eigenvalue weighted by molar-refractivity contribution is -0.111. The molecule has 0 spiro atoms. The van der Waals surface area contributed by atoms with Crippen molar-refractivity contribution >= 4 is 11.6 Å². The Kier molecular flexibility index (Phi) is 5.05. The summed E-state index contributed by atoms with van der Waals surface area (Å²) in [6.45, 7) is 3.85. The average molecular weight is 233 g/mol. The molecular formula is C13H15NO3. The molecule has 0 aliphatic carbocycles. The van der Waals surface area contributed by atoms with Crippen molar-refractivity contribution in [2.75, 3.05) is 11.9 Å². The summed E-state index contributed by atoms with van der Waals surface area (Å²) in [5.41, 5.74) is 1.22. The number of ether oxygens (including phenoxy) is 1. The van der Waals surface area contributed by atoms with Crippen molar-refractivity contribution in [3.8, 4) is 17.6 Å². The van der Waals surface area contributed by atoms with E-state index >= 15 is 0 Å². The highest BCUT2D eigenvalue weighted by Gasteiger charge is 2.05. The standard InChI is InChI=1S/C13H15NO3/c1-3-5-13(16)14-11-6-7-12(17-4-2)10(8-11)9-15/h6-8,15H,4,9H2,1-2H3,(H,14,16). The lowest BCUT2D eigenvalue weighted by atomic mass is 10.2. The van der Waals surface area contributed by atoms with Gasteiger partial charge in [0.1, 0.15) is 5.75 Å². The van der Waals surface area contributed by atoms with Gasteiger partial charge >= 0.3 is 0 Å². The van der Waals surface area contributed by atoms with Gasteiger partial charge in [-0.1, -0.05) is 5.92 Å². The topological polar surface area (TPSA) is 58.6 Å². The van der Waals surface area contributed by atoms with E-state index in [0.717, 1.165) is 0 Å². The van der Waals surface area contributed by atoms with E-state index in [0.29, 0.717) is 23.6 Å². The van der Waals surface area contributed by atoms with E-state index in [2.05, 4.69) is 17.2 Å². The van der Waals surface area contributed by atoms with E-state index in [4.69, 9.17) is 4.74 Å². The van der Waals surface area contributed by atoms with Gasteiger partial charge in [0.2, 0.25) is 0 Å². The van der Waals surface area contributed by atoms with E-state index in [1.807, 2.05) is 6.92 Å². The molecule has 0 saturated heterocycles. The van der Waals surface area contributed by atoms with Crippen LogP contribution in [0.5, 0.6) is 5.75 Å². The Hall–Kier alpha value is -1.99. The van der Waals surface area contributed by atoms with Crippen LogP contribution in [0.4, 0.5) is 5.69 Å². The van der Waals surface area contributed by atoms with Crippen molar-refractivity contribution in [3.05, 3.63) is 23.8 Å². The summed E-state index contributed by atoms with van der Waals surface area (Å²) in [5.74, 6) is 5.13. The molecule has 0 aliphatic rings. The molecule has 0 radical (unpaired) electrons. The van der Waals surface area contributed by atoms with E-state index in [-0.39, 0.29) is 12.5 Å². The Morgan fingerprint density at radius 1 is 1.53 bits per heavy atom. The maximum Gasteiger partial charge on any atom is 0.300 e. The van der Waals surface area contributed by atoms with Crippen LogP contribution in [0, 0.1) is 11.8 Å². The van der Waals surface area contributed by atoms with Crippen LogP contribution < -0.4 is 10.1 Å². The molecule has 0 saturated carbocycles. The van der Waals surface area contributed by atoms with E-state index in [9.17, 15) is 9.90 Å². The molecule has 1 aromatic carbocycles. The van der Waals surface area contributed by atoms with Crippen LogP contribution in [0.3, 0.4) is 0 Å². The second-order valence-corrected chi connectivity index (χ2v) is 3.24. The minimum absolute atomic E-state index is 0.140. The molecule has 1 amide bonds. The van der Waals surface area contributed by atoms with Gasteiger partial charge in [-0.2, -0.15) is 0 Å². The Morgan fingerprint density at radius 2 is 2.29 bits per heavy atom. The van der Waals surface area contributed by atoms with Crippen LogP contribution in [0.1, 0.15) is 19.4 Å². The van der Waals surface area contributed by atoms with Gasteiger partial charge in [-0.15, -0.1) is 0 Å². The van der Waals surface area contributed by atoms with Crippen molar-refractivity contribution in [3.63, 3.8) is 0 Å². The molecule has 2 N–H and O–H groups in total. The molecule has 0 aliphatic heterocycles. The van der Waals surface area contributed by atoms with Crippen molar-refractivity contribution in [1.29, 1.82) is 0 Å².